The van der Waals surface area contributed by atoms with Gasteiger partial charge >= 0.3 is 17.8 Å². The van der Waals surface area contributed by atoms with Gasteiger partial charge < -0.3 is 17.7 Å². The molecule has 0 bridgehead atoms. The first kappa shape index (κ1) is 21.3. The van der Waals surface area contributed by atoms with Gasteiger partial charge in [-0.3, -0.25) is 0 Å². The molecular formula is C15H36O4Si2. The molecule has 128 valence electrons. The molecule has 4 nitrogen and oxygen atoms in total. The zero-order valence-corrected chi connectivity index (χ0v) is 17.3. The van der Waals surface area contributed by atoms with Gasteiger partial charge in [-0.25, -0.2) is 0 Å². The Morgan fingerprint density at radius 3 is 1.62 bits per heavy atom. The molecule has 0 spiro atoms. The van der Waals surface area contributed by atoms with Crippen LogP contribution in [0.5, 0.6) is 0 Å². The molecule has 0 fully saturated rings. The molecule has 0 aromatic carbocycles. The van der Waals surface area contributed by atoms with Crippen molar-refractivity contribution in [3.05, 3.63) is 0 Å². The summed E-state index contributed by atoms with van der Waals surface area (Å²) in [4.78, 5) is 0. The maximum atomic E-state index is 6.07. The summed E-state index contributed by atoms with van der Waals surface area (Å²) in [5.41, 5.74) is 0. The van der Waals surface area contributed by atoms with Crippen molar-refractivity contribution in [3.8, 4) is 0 Å². The highest BCUT2D eigenvalue weighted by molar-refractivity contribution is 6.67. The van der Waals surface area contributed by atoms with E-state index >= 15 is 0 Å². The van der Waals surface area contributed by atoms with E-state index in [2.05, 4.69) is 48.1 Å². The van der Waals surface area contributed by atoms with E-state index in [1.54, 1.807) is 0 Å². The quantitative estimate of drug-likeness (QED) is 0.477. The Kier molecular flexibility index (Phi) is 11.9. The van der Waals surface area contributed by atoms with E-state index in [-0.39, 0.29) is 12.2 Å². The van der Waals surface area contributed by atoms with Crippen LogP contribution in [0, 0.1) is 0 Å². The summed E-state index contributed by atoms with van der Waals surface area (Å²) in [6.07, 6.45) is 2.51. The third kappa shape index (κ3) is 11.5. The molecule has 21 heavy (non-hydrogen) atoms. The van der Waals surface area contributed by atoms with Crippen LogP contribution >= 0.6 is 0 Å². The van der Waals surface area contributed by atoms with Gasteiger partial charge in [0.05, 0.1) is 0 Å². The summed E-state index contributed by atoms with van der Waals surface area (Å²) in [5.74, 6) is 0. The predicted octanol–water partition coefficient (Wildman–Crippen LogP) is 3.98. The Bertz CT molecular complexity index is 232. The van der Waals surface area contributed by atoms with Crippen LogP contribution in [-0.4, -0.2) is 43.3 Å². The number of hydrogen-bond acceptors (Lipinski definition) is 4. The molecule has 0 radical (unpaired) electrons. The minimum Gasteiger partial charge on any atom is -0.394 e. The fourth-order valence-electron chi connectivity index (χ4n) is 1.98. The molecular weight excluding hydrogens is 300 g/mol. The SMILES string of the molecule is CCCO[Si](C)(CC[SiH](OC(C)C)OC(C)C)OCCC. The molecule has 0 aromatic heterocycles. The lowest BCUT2D eigenvalue weighted by Crippen LogP contribution is -2.41. The van der Waals surface area contributed by atoms with Crippen LogP contribution in [0.25, 0.3) is 0 Å². The van der Waals surface area contributed by atoms with E-state index in [1.807, 2.05) is 0 Å². The summed E-state index contributed by atoms with van der Waals surface area (Å²) in [5, 5.41) is 0. The van der Waals surface area contributed by atoms with Crippen molar-refractivity contribution < 1.29 is 17.7 Å². The van der Waals surface area contributed by atoms with Crippen LogP contribution in [0.4, 0.5) is 0 Å². The van der Waals surface area contributed by atoms with E-state index in [4.69, 9.17) is 17.7 Å². The molecule has 0 rings (SSSR count). The molecule has 0 amide bonds. The maximum absolute atomic E-state index is 6.07. The zero-order chi connectivity index (χ0) is 16.3. The summed E-state index contributed by atoms with van der Waals surface area (Å²) in [7, 11) is -3.72. The van der Waals surface area contributed by atoms with Crippen LogP contribution in [-0.2, 0) is 17.7 Å². The highest BCUT2D eigenvalue weighted by Gasteiger charge is 2.33. The van der Waals surface area contributed by atoms with E-state index in [0.29, 0.717) is 0 Å². The lowest BCUT2D eigenvalue weighted by Gasteiger charge is -2.29. The van der Waals surface area contributed by atoms with Gasteiger partial charge in [-0.2, -0.15) is 0 Å². The Balaban J connectivity index is 4.49. The van der Waals surface area contributed by atoms with Crippen molar-refractivity contribution in [3.63, 3.8) is 0 Å². The standard InChI is InChI=1S/C15H36O4Si2/c1-8-10-16-21(7,17-11-9-2)13-12-20(18-14(3)4)19-15(5)6/h14-15,20H,8-13H2,1-7H3. The smallest absolute Gasteiger partial charge is 0.334 e. The fourth-order valence-corrected chi connectivity index (χ4v) is 8.21. The zero-order valence-electron chi connectivity index (χ0n) is 15.1. The normalized spacial score (nSPS) is 12.9. The molecule has 0 heterocycles. The van der Waals surface area contributed by atoms with E-state index in [9.17, 15) is 0 Å². The summed E-state index contributed by atoms with van der Waals surface area (Å²) >= 11 is 0. The van der Waals surface area contributed by atoms with Gasteiger partial charge in [0, 0.05) is 25.4 Å². The number of hydrogen-bond donors (Lipinski definition) is 0. The minimum absolute atomic E-state index is 0.224. The van der Waals surface area contributed by atoms with Crippen molar-refractivity contribution >= 4 is 17.8 Å². The van der Waals surface area contributed by atoms with Gasteiger partial charge in [0.15, 0.2) is 0 Å². The molecule has 0 atom stereocenters. The molecule has 0 N–H and O–H groups in total. The fraction of sp³-hybridized carbons (Fsp3) is 1.00. The lowest BCUT2D eigenvalue weighted by molar-refractivity contribution is 0.128. The molecule has 6 heteroatoms. The van der Waals surface area contributed by atoms with E-state index in [0.717, 1.165) is 38.1 Å². The van der Waals surface area contributed by atoms with Crippen LogP contribution in [0.1, 0.15) is 54.4 Å². The van der Waals surface area contributed by atoms with Crippen LogP contribution in [0.2, 0.25) is 18.6 Å². The molecule has 0 aromatic rings. The third-order valence-electron chi connectivity index (χ3n) is 2.91. The maximum Gasteiger partial charge on any atom is 0.334 e. The molecule has 0 unspecified atom stereocenters. The van der Waals surface area contributed by atoms with Gasteiger partial charge in [0.1, 0.15) is 0 Å². The summed E-state index contributed by atoms with van der Waals surface area (Å²) < 4.78 is 24.1. The minimum atomic E-state index is -2.08. The Labute approximate surface area is 134 Å². The largest absolute Gasteiger partial charge is 0.394 e. The molecule has 0 aliphatic carbocycles. The van der Waals surface area contributed by atoms with Gasteiger partial charge in [-0.1, -0.05) is 13.8 Å². The second-order valence-corrected chi connectivity index (χ2v) is 11.5. The van der Waals surface area contributed by atoms with Gasteiger partial charge in [0.2, 0.25) is 0 Å². The molecule has 0 aliphatic heterocycles. The van der Waals surface area contributed by atoms with Gasteiger partial charge in [-0.05, 0) is 59.2 Å². The van der Waals surface area contributed by atoms with Crippen LogP contribution < -0.4 is 0 Å². The van der Waals surface area contributed by atoms with Crippen molar-refractivity contribution in [1.29, 1.82) is 0 Å². The van der Waals surface area contributed by atoms with Crippen molar-refractivity contribution in [2.75, 3.05) is 13.2 Å². The third-order valence-corrected chi connectivity index (χ3v) is 8.76. The predicted molar refractivity (Wildman–Crippen MR) is 93.3 cm³/mol. The summed E-state index contributed by atoms with van der Waals surface area (Å²) in [6.45, 7) is 16.3. The second-order valence-electron chi connectivity index (χ2n) is 6.17. The average Bonchev–Trinajstić information content (AvgIpc) is 2.39. The lowest BCUT2D eigenvalue weighted by atomic mass is 10.5. The molecule has 0 saturated heterocycles. The average molecular weight is 337 g/mol. The molecule has 0 aliphatic rings. The first-order valence-electron chi connectivity index (χ1n) is 8.41. The molecule has 0 saturated carbocycles. The monoisotopic (exact) mass is 336 g/mol. The Morgan fingerprint density at radius 1 is 0.857 bits per heavy atom. The first-order chi connectivity index (χ1) is 9.83. The Morgan fingerprint density at radius 2 is 1.29 bits per heavy atom. The topological polar surface area (TPSA) is 36.9 Å². The van der Waals surface area contributed by atoms with Crippen molar-refractivity contribution in [2.45, 2.75) is 85.2 Å². The van der Waals surface area contributed by atoms with Gasteiger partial charge in [0.25, 0.3) is 0 Å². The van der Waals surface area contributed by atoms with Crippen molar-refractivity contribution in [2.24, 2.45) is 0 Å². The highest BCUT2D eigenvalue weighted by atomic mass is 28.4. The first-order valence-corrected chi connectivity index (χ1v) is 12.7. The van der Waals surface area contributed by atoms with E-state index in [1.165, 1.54) is 0 Å². The van der Waals surface area contributed by atoms with Crippen LogP contribution in [0.15, 0.2) is 0 Å². The highest BCUT2D eigenvalue weighted by Crippen LogP contribution is 2.20. The summed E-state index contributed by atoms with van der Waals surface area (Å²) in [6, 6.07) is 1.93. The van der Waals surface area contributed by atoms with Crippen molar-refractivity contribution in [1.82, 2.24) is 0 Å². The number of rotatable bonds is 13. The van der Waals surface area contributed by atoms with E-state index < -0.39 is 17.8 Å². The Hall–Kier alpha value is 0.274. The van der Waals surface area contributed by atoms with Crippen LogP contribution in [0.3, 0.4) is 0 Å². The van der Waals surface area contributed by atoms with Gasteiger partial charge in [-0.15, -0.1) is 0 Å². The second kappa shape index (κ2) is 11.8.